The van der Waals surface area contributed by atoms with Gasteiger partial charge in [0.05, 0.1) is 23.0 Å². The molecule has 0 spiro atoms. The molecule has 0 amide bonds. The predicted octanol–water partition coefficient (Wildman–Crippen LogP) is 2.11. The molecule has 0 bridgehead atoms. The van der Waals surface area contributed by atoms with Crippen LogP contribution in [0.5, 0.6) is 0 Å². The van der Waals surface area contributed by atoms with E-state index in [1.165, 1.54) is 18.2 Å². The molecule has 0 radical (unpaired) electrons. The molecule has 0 unspecified atom stereocenters. The Balaban J connectivity index is 2.76. The number of halogens is 3. The van der Waals surface area contributed by atoms with Crippen molar-refractivity contribution in [3.8, 4) is 6.07 Å². The van der Waals surface area contributed by atoms with E-state index in [2.05, 4.69) is 5.32 Å². The predicted molar refractivity (Wildman–Crippen MR) is 50.1 cm³/mol. The zero-order chi connectivity index (χ0) is 11.5. The van der Waals surface area contributed by atoms with Crippen LogP contribution in [0, 0.1) is 11.3 Å². The molecule has 3 nitrogen and oxygen atoms in total. The summed E-state index contributed by atoms with van der Waals surface area (Å²) >= 11 is 0. The molecule has 6 heteroatoms. The number of benzene rings is 1. The van der Waals surface area contributed by atoms with Gasteiger partial charge in [-0.3, -0.25) is 0 Å². The van der Waals surface area contributed by atoms with E-state index in [1.807, 2.05) is 6.07 Å². The smallest absolute Gasteiger partial charge is 0.397 e. The van der Waals surface area contributed by atoms with Gasteiger partial charge in [-0.1, -0.05) is 0 Å². The van der Waals surface area contributed by atoms with Gasteiger partial charge in [0.1, 0.15) is 6.54 Å². The third-order valence-corrected chi connectivity index (χ3v) is 1.66. The Labute approximate surface area is 84.3 Å². The quantitative estimate of drug-likeness (QED) is 0.742. The molecule has 80 valence electrons. The molecule has 0 aliphatic heterocycles. The molecule has 1 rings (SSSR count). The molecule has 0 heterocycles. The molecule has 0 aliphatic rings. The second-order valence-corrected chi connectivity index (χ2v) is 2.88. The molecular formula is C9H8F3N3. The van der Waals surface area contributed by atoms with Gasteiger partial charge in [0, 0.05) is 0 Å². The van der Waals surface area contributed by atoms with Crippen molar-refractivity contribution in [3.05, 3.63) is 23.8 Å². The molecule has 0 atom stereocenters. The summed E-state index contributed by atoms with van der Waals surface area (Å²) in [5, 5.41) is 10.7. The number of nitrogens with zero attached hydrogens (tertiary/aromatic N) is 1. The maximum Gasteiger partial charge on any atom is 0.405 e. The summed E-state index contributed by atoms with van der Waals surface area (Å²) in [6.07, 6.45) is -4.29. The van der Waals surface area contributed by atoms with E-state index in [0.717, 1.165) is 0 Å². The SMILES string of the molecule is N#Cc1ccc(NCC(F)(F)F)c(N)c1. The normalized spacial score (nSPS) is 10.8. The summed E-state index contributed by atoms with van der Waals surface area (Å²) in [7, 11) is 0. The fourth-order valence-electron chi connectivity index (χ4n) is 0.989. The van der Waals surface area contributed by atoms with E-state index >= 15 is 0 Å². The van der Waals surface area contributed by atoms with Gasteiger partial charge in [0.15, 0.2) is 0 Å². The van der Waals surface area contributed by atoms with E-state index in [-0.39, 0.29) is 11.4 Å². The Morgan fingerprint density at radius 1 is 1.40 bits per heavy atom. The average molecular weight is 215 g/mol. The number of alkyl halides is 3. The molecule has 0 saturated carbocycles. The monoisotopic (exact) mass is 215 g/mol. The largest absolute Gasteiger partial charge is 0.405 e. The van der Waals surface area contributed by atoms with Crippen molar-refractivity contribution in [1.82, 2.24) is 0 Å². The zero-order valence-electron chi connectivity index (χ0n) is 7.60. The van der Waals surface area contributed by atoms with Crippen LogP contribution < -0.4 is 11.1 Å². The summed E-state index contributed by atoms with van der Waals surface area (Å²) in [6.45, 7) is -1.15. The molecule has 3 N–H and O–H groups in total. The van der Waals surface area contributed by atoms with E-state index in [4.69, 9.17) is 11.0 Å². The van der Waals surface area contributed by atoms with Crippen LogP contribution in [0.3, 0.4) is 0 Å². The standard InChI is InChI=1S/C9H8F3N3/c10-9(11,12)5-15-8-2-1-6(4-13)3-7(8)14/h1-3,15H,5,14H2. The lowest BCUT2D eigenvalue weighted by Crippen LogP contribution is -2.21. The highest BCUT2D eigenvalue weighted by Crippen LogP contribution is 2.22. The highest BCUT2D eigenvalue weighted by molar-refractivity contribution is 5.68. The molecule has 0 aromatic heterocycles. The number of nitriles is 1. The number of nitrogen functional groups attached to an aromatic ring is 1. The lowest BCUT2D eigenvalue weighted by Gasteiger charge is -2.11. The van der Waals surface area contributed by atoms with Crippen molar-refractivity contribution in [2.24, 2.45) is 0 Å². The summed E-state index contributed by atoms with van der Waals surface area (Å²) in [6, 6.07) is 5.90. The van der Waals surface area contributed by atoms with Gasteiger partial charge in [0.25, 0.3) is 0 Å². The van der Waals surface area contributed by atoms with E-state index in [9.17, 15) is 13.2 Å². The van der Waals surface area contributed by atoms with Crippen molar-refractivity contribution < 1.29 is 13.2 Å². The third kappa shape index (κ3) is 3.38. The molecule has 0 fully saturated rings. The summed E-state index contributed by atoms with van der Waals surface area (Å²) in [5.74, 6) is 0. The maximum atomic E-state index is 11.9. The summed E-state index contributed by atoms with van der Waals surface area (Å²) in [4.78, 5) is 0. The topological polar surface area (TPSA) is 61.8 Å². The van der Waals surface area contributed by atoms with Crippen molar-refractivity contribution >= 4 is 11.4 Å². The van der Waals surface area contributed by atoms with Crippen molar-refractivity contribution in [2.45, 2.75) is 6.18 Å². The van der Waals surface area contributed by atoms with Gasteiger partial charge in [-0.2, -0.15) is 18.4 Å². The average Bonchev–Trinajstić information content (AvgIpc) is 2.14. The Kier molecular flexibility index (Phi) is 3.04. The van der Waals surface area contributed by atoms with Crippen LogP contribution in [-0.2, 0) is 0 Å². The first-order valence-electron chi connectivity index (χ1n) is 4.02. The van der Waals surface area contributed by atoms with Gasteiger partial charge in [-0.25, -0.2) is 0 Å². The zero-order valence-corrected chi connectivity index (χ0v) is 7.60. The number of nitrogens with one attached hydrogen (secondary N) is 1. The molecule has 0 saturated heterocycles. The van der Waals surface area contributed by atoms with Crippen LogP contribution in [-0.4, -0.2) is 12.7 Å². The van der Waals surface area contributed by atoms with Crippen LogP contribution in [0.1, 0.15) is 5.56 Å². The second-order valence-electron chi connectivity index (χ2n) is 2.88. The van der Waals surface area contributed by atoms with Crippen LogP contribution in [0.25, 0.3) is 0 Å². The Morgan fingerprint density at radius 2 is 2.07 bits per heavy atom. The number of hydrogen-bond donors (Lipinski definition) is 2. The molecular weight excluding hydrogens is 207 g/mol. The number of nitrogens with two attached hydrogens (primary N) is 1. The summed E-state index contributed by atoms with van der Waals surface area (Å²) in [5.41, 5.74) is 6.05. The number of rotatable bonds is 2. The number of anilines is 2. The van der Waals surface area contributed by atoms with Crippen LogP contribution >= 0.6 is 0 Å². The fraction of sp³-hybridized carbons (Fsp3) is 0.222. The first kappa shape index (κ1) is 11.2. The Morgan fingerprint density at radius 3 is 2.53 bits per heavy atom. The lowest BCUT2D eigenvalue weighted by molar-refractivity contribution is -0.115. The van der Waals surface area contributed by atoms with E-state index in [1.54, 1.807) is 0 Å². The number of hydrogen-bond acceptors (Lipinski definition) is 3. The van der Waals surface area contributed by atoms with Gasteiger partial charge < -0.3 is 11.1 Å². The van der Waals surface area contributed by atoms with Gasteiger partial charge in [-0.15, -0.1) is 0 Å². The van der Waals surface area contributed by atoms with Gasteiger partial charge >= 0.3 is 6.18 Å². The van der Waals surface area contributed by atoms with Gasteiger partial charge in [0.2, 0.25) is 0 Å². The fourth-order valence-corrected chi connectivity index (χ4v) is 0.989. The molecule has 15 heavy (non-hydrogen) atoms. The minimum absolute atomic E-state index is 0.123. The van der Waals surface area contributed by atoms with Crippen LogP contribution in [0.15, 0.2) is 18.2 Å². The first-order chi connectivity index (χ1) is 6.92. The Hall–Kier alpha value is -1.90. The first-order valence-corrected chi connectivity index (χ1v) is 4.02. The summed E-state index contributed by atoms with van der Waals surface area (Å²) < 4.78 is 35.6. The second kappa shape index (κ2) is 4.09. The minimum Gasteiger partial charge on any atom is -0.397 e. The highest BCUT2D eigenvalue weighted by Gasteiger charge is 2.26. The van der Waals surface area contributed by atoms with E-state index < -0.39 is 12.7 Å². The lowest BCUT2D eigenvalue weighted by atomic mass is 10.2. The van der Waals surface area contributed by atoms with Crippen molar-refractivity contribution in [1.29, 1.82) is 5.26 Å². The minimum atomic E-state index is -4.29. The molecule has 0 aliphatic carbocycles. The van der Waals surface area contributed by atoms with Crippen molar-refractivity contribution in [3.63, 3.8) is 0 Å². The molecule has 1 aromatic rings. The maximum absolute atomic E-state index is 11.9. The van der Waals surface area contributed by atoms with Crippen LogP contribution in [0.2, 0.25) is 0 Å². The highest BCUT2D eigenvalue weighted by atomic mass is 19.4. The molecule has 1 aromatic carbocycles. The Bertz CT molecular complexity index is 393. The van der Waals surface area contributed by atoms with E-state index in [0.29, 0.717) is 5.56 Å². The van der Waals surface area contributed by atoms with Gasteiger partial charge in [-0.05, 0) is 18.2 Å². The van der Waals surface area contributed by atoms with Crippen molar-refractivity contribution in [2.75, 3.05) is 17.6 Å². The van der Waals surface area contributed by atoms with Crippen LogP contribution in [0.4, 0.5) is 24.5 Å². The third-order valence-electron chi connectivity index (χ3n) is 1.66.